The van der Waals surface area contributed by atoms with Crippen LogP contribution in [0.25, 0.3) is 11.1 Å². The van der Waals surface area contributed by atoms with Crippen molar-refractivity contribution < 1.29 is 32.5 Å². The predicted molar refractivity (Wildman–Crippen MR) is 101 cm³/mol. The molecule has 0 heterocycles. The van der Waals surface area contributed by atoms with Gasteiger partial charge >= 0.3 is 12.1 Å². The highest BCUT2D eigenvalue weighted by Crippen LogP contribution is 2.33. The van der Waals surface area contributed by atoms with E-state index in [1.165, 1.54) is 19.2 Å². The van der Waals surface area contributed by atoms with Crippen molar-refractivity contribution in [3.63, 3.8) is 0 Å². The van der Waals surface area contributed by atoms with E-state index in [-0.39, 0.29) is 6.42 Å². The van der Waals surface area contributed by atoms with Gasteiger partial charge in [-0.25, -0.2) is 0 Å². The van der Waals surface area contributed by atoms with E-state index in [2.05, 4.69) is 0 Å². The summed E-state index contributed by atoms with van der Waals surface area (Å²) in [5, 5.41) is 8.99. The second-order valence-electron chi connectivity index (χ2n) is 6.29. The van der Waals surface area contributed by atoms with E-state index in [1.54, 1.807) is 42.5 Å². The van der Waals surface area contributed by atoms with E-state index in [0.29, 0.717) is 33.9 Å². The van der Waals surface area contributed by atoms with Gasteiger partial charge < -0.3 is 14.6 Å². The standard InChI is InChI=1S/C22H17F3O4/c1-28-19-9-14(11-21(26)27)10-20(13-19)29-18-4-2-3-16(12-18)15-5-7-17(8-6-15)22(23,24)25/h2-10,12-13H,11H2,1H3,(H,26,27). The lowest BCUT2D eigenvalue weighted by Crippen LogP contribution is -2.03. The summed E-state index contributed by atoms with van der Waals surface area (Å²) in [4.78, 5) is 11.0. The molecule has 7 heteroatoms. The maximum atomic E-state index is 12.7. The maximum absolute atomic E-state index is 12.7. The number of methoxy groups -OCH3 is 1. The van der Waals surface area contributed by atoms with Crippen molar-refractivity contribution in [3.8, 4) is 28.4 Å². The van der Waals surface area contributed by atoms with Gasteiger partial charge in [-0.2, -0.15) is 13.2 Å². The van der Waals surface area contributed by atoms with E-state index in [0.717, 1.165) is 12.1 Å². The van der Waals surface area contributed by atoms with Crippen LogP contribution < -0.4 is 9.47 Å². The summed E-state index contributed by atoms with van der Waals surface area (Å²) in [7, 11) is 1.47. The lowest BCUT2D eigenvalue weighted by Gasteiger charge is -2.12. The monoisotopic (exact) mass is 402 g/mol. The third-order valence-corrected chi connectivity index (χ3v) is 4.15. The maximum Gasteiger partial charge on any atom is 0.416 e. The molecule has 4 nitrogen and oxygen atoms in total. The van der Waals surface area contributed by atoms with Gasteiger partial charge in [-0.15, -0.1) is 0 Å². The average molecular weight is 402 g/mol. The normalized spacial score (nSPS) is 11.2. The van der Waals surface area contributed by atoms with Gasteiger partial charge in [0.15, 0.2) is 0 Å². The smallest absolute Gasteiger partial charge is 0.416 e. The van der Waals surface area contributed by atoms with Gasteiger partial charge in [0.2, 0.25) is 0 Å². The van der Waals surface area contributed by atoms with Crippen LogP contribution in [-0.2, 0) is 17.4 Å². The number of ether oxygens (including phenoxy) is 2. The van der Waals surface area contributed by atoms with Crippen LogP contribution in [0, 0.1) is 0 Å². The molecule has 29 heavy (non-hydrogen) atoms. The number of hydrogen-bond donors (Lipinski definition) is 1. The molecular formula is C22H17F3O4. The minimum atomic E-state index is -4.39. The number of carbonyl (C=O) groups is 1. The number of aliphatic carboxylic acids is 1. The van der Waals surface area contributed by atoms with Gasteiger partial charge in [0.25, 0.3) is 0 Å². The average Bonchev–Trinajstić information content (AvgIpc) is 2.67. The molecule has 0 spiro atoms. The summed E-state index contributed by atoms with van der Waals surface area (Å²) in [5.41, 5.74) is 1.10. The first-order valence-electron chi connectivity index (χ1n) is 8.60. The van der Waals surface area contributed by atoms with Crippen molar-refractivity contribution in [1.29, 1.82) is 0 Å². The molecule has 0 fully saturated rings. The van der Waals surface area contributed by atoms with Crippen molar-refractivity contribution in [3.05, 3.63) is 77.9 Å². The summed E-state index contributed by atoms with van der Waals surface area (Å²) in [6.45, 7) is 0. The Balaban J connectivity index is 1.86. The van der Waals surface area contributed by atoms with Gasteiger partial charge in [-0.05, 0) is 53.1 Å². The Morgan fingerprint density at radius 3 is 2.21 bits per heavy atom. The highest BCUT2D eigenvalue weighted by molar-refractivity contribution is 5.71. The molecular weight excluding hydrogens is 385 g/mol. The molecule has 150 valence electrons. The zero-order valence-corrected chi connectivity index (χ0v) is 15.4. The fraction of sp³-hybridized carbons (Fsp3) is 0.136. The number of carboxylic acid groups (broad SMARTS) is 1. The van der Waals surface area contributed by atoms with Gasteiger partial charge in [0.05, 0.1) is 19.1 Å². The molecule has 0 aliphatic carbocycles. The largest absolute Gasteiger partial charge is 0.497 e. The first-order chi connectivity index (χ1) is 13.7. The molecule has 0 radical (unpaired) electrons. The molecule has 3 aromatic carbocycles. The van der Waals surface area contributed by atoms with Crippen LogP contribution in [0.2, 0.25) is 0 Å². The number of halogens is 3. The van der Waals surface area contributed by atoms with Crippen LogP contribution in [0.1, 0.15) is 11.1 Å². The molecule has 0 saturated heterocycles. The molecule has 0 saturated carbocycles. The van der Waals surface area contributed by atoms with Gasteiger partial charge in [0, 0.05) is 6.07 Å². The zero-order valence-electron chi connectivity index (χ0n) is 15.4. The number of carboxylic acids is 1. The highest BCUT2D eigenvalue weighted by Gasteiger charge is 2.29. The van der Waals surface area contributed by atoms with Crippen LogP contribution in [-0.4, -0.2) is 18.2 Å². The Morgan fingerprint density at radius 2 is 1.59 bits per heavy atom. The molecule has 0 aliphatic heterocycles. The van der Waals surface area contributed by atoms with Gasteiger partial charge in [-0.1, -0.05) is 24.3 Å². The molecule has 0 atom stereocenters. The Morgan fingerprint density at radius 1 is 0.897 bits per heavy atom. The van der Waals surface area contributed by atoms with Crippen LogP contribution >= 0.6 is 0 Å². The number of hydrogen-bond acceptors (Lipinski definition) is 3. The Bertz CT molecular complexity index is 1010. The van der Waals surface area contributed by atoms with Crippen molar-refractivity contribution in [2.75, 3.05) is 7.11 Å². The van der Waals surface area contributed by atoms with E-state index >= 15 is 0 Å². The van der Waals surface area contributed by atoms with Crippen LogP contribution in [0.15, 0.2) is 66.7 Å². The van der Waals surface area contributed by atoms with Crippen LogP contribution in [0.5, 0.6) is 17.2 Å². The molecule has 0 aromatic heterocycles. The number of rotatable bonds is 6. The molecule has 0 aliphatic rings. The second-order valence-corrected chi connectivity index (χ2v) is 6.29. The molecule has 3 rings (SSSR count). The van der Waals surface area contributed by atoms with Gasteiger partial charge in [0.1, 0.15) is 17.2 Å². The molecule has 0 bridgehead atoms. The van der Waals surface area contributed by atoms with Crippen molar-refractivity contribution >= 4 is 5.97 Å². The summed E-state index contributed by atoms with van der Waals surface area (Å²) in [6, 6.07) is 16.6. The fourth-order valence-corrected chi connectivity index (χ4v) is 2.81. The van der Waals surface area contributed by atoms with Crippen LogP contribution in [0.4, 0.5) is 13.2 Å². The SMILES string of the molecule is COc1cc(CC(=O)O)cc(Oc2cccc(-c3ccc(C(F)(F)F)cc3)c2)c1. The summed E-state index contributed by atoms with van der Waals surface area (Å²) < 4.78 is 49.2. The molecule has 0 unspecified atom stereocenters. The fourth-order valence-electron chi connectivity index (χ4n) is 2.81. The minimum Gasteiger partial charge on any atom is -0.497 e. The van der Waals surface area contributed by atoms with Crippen molar-refractivity contribution in [2.45, 2.75) is 12.6 Å². The van der Waals surface area contributed by atoms with E-state index < -0.39 is 17.7 Å². The zero-order chi connectivity index (χ0) is 21.0. The topological polar surface area (TPSA) is 55.8 Å². The molecule has 1 N–H and O–H groups in total. The highest BCUT2D eigenvalue weighted by atomic mass is 19.4. The minimum absolute atomic E-state index is 0.181. The number of alkyl halides is 3. The summed E-state index contributed by atoms with van der Waals surface area (Å²) >= 11 is 0. The third-order valence-electron chi connectivity index (χ3n) is 4.15. The lowest BCUT2D eigenvalue weighted by molar-refractivity contribution is -0.138. The first-order valence-corrected chi connectivity index (χ1v) is 8.60. The molecule has 0 amide bonds. The van der Waals surface area contributed by atoms with Crippen LogP contribution in [0.3, 0.4) is 0 Å². The van der Waals surface area contributed by atoms with Crippen molar-refractivity contribution in [2.24, 2.45) is 0 Å². The van der Waals surface area contributed by atoms with E-state index in [4.69, 9.17) is 14.6 Å². The van der Waals surface area contributed by atoms with Gasteiger partial charge in [-0.3, -0.25) is 4.79 Å². The molecule has 3 aromatic rings. The van der Waals surface area contributed by atoms with Crippen molar-refractivity contribution in [1.82, 2.24) is 0 Å². The Hall–Kier alpha value is -3.48. The predicted octanol–water partition coefficient (Wildman–Crippen LogP) is 5.80. The van der Waals surface area contributed by atoms with E-state index in [9.17, 15) is 18.0 Å². The third kappa shape index (κ3) is 5.28. The number of benzene rings is 3. The summed E-state index contributed by atoms with van der Waals surface area (Å²) in [6.07, 6.45) is -4.57. The van der Waals surface area contributed by atoms with E-state index in [1.807, 2.05) is 0 Å². The summed E-state index contributed by atoms with van der Waals surface area (Å²) in [5.74, 6) is 0.327. The quantitative estimate of drug-likeness (QED) is 0.566. The first kappa shape index (κ1) is 20.3. The Labute approximate surface area is 165 Å². The Kier molecular flexibility index (Phi) is 5.77. The second kappa shape index (κ2) is 8.26. The lowest BCUT2D eigenvalue weighted by atomic mass is 10.0.